The van der Waals surface area contributed by atoms with Gasteiger partial charge in [0.05, 0.1) is 11.4 Å². The Morgan fingerprint density at radius 2 is 1.52 bits per heavy atom. The van der Waals surface area contributed by atoms with Gasteiger partial charge in [0.15, 0.2) is 0 Å². The number of aryl methyl sites for hydroxylation is 2. The summed E-state index contributed by atoms with van der Waals surface area (Å²) in [5, 5.41) is 0. The second-order valence-electron chi connectivity index (χ2n) is 7.58. The van der Waals surface area contributed by atoms with Crippen LogP contribution in [-0.4, -0.2) is 19.3 Å². The summed E-state index contributed by atoms with van der Waals surface area (Å²) >= 11 is 0. The van der Waals surface area contributed by atoms with Crippen LogP contribution in [-0.2, 0) is 10.0 Å². The molecule has 0 saturated heterocycles. The fourth-order valence-corrected chi connectivity index (χ4v) is 4.13. The molecule has 2 aromatic rings. The molecule has 0 unspecified atom stereocenters. The fourth-order valence-electron chi connectivity index (χ4n) is 2.86. The van der Waals surface area contributed by atoms with Crippen LogP contribution in [0.2, 0.25) is 0 Å². The molecule has 3 rings (SSSR count). The van der Waals surface area contributed by atoms with Gasteiger partial charge in [0, 0.05) is 17.2 Å². The van der Waals surface area contributed by atoms with Gasteiger partial charge in [-0.15, -0.1) is 5.73 Å². The number of rotatable bonds is 3. The van der Waals surface area contributed by atoms with Crippen molar-refractivity contribution in [1.82, 2.24) is 4.31 Å². The third kappa shape index (κ3) is 4.24. The Hall–Kier alpha value is -2.55. The summed E-state index contributed by atoms with van der Waals surface area (Å²) in [5.74, 6) is 0. The van der Waals surface area contributed by atoms with Gasteiger partial charge < -0.3 is 0 Å². The van der Waals surface area contributed by atoms with E-state index >= 15 is 0 Å². The van der Waals surface area contributed by atoms with Crippen LogP contribution >= 0.6 is 0 Å². The first-order chi connectivity index (χ1) is 12.7. The first kappa shape index (κ1) is 19.2. The predicted molar refractivity (Wildman–Crippen MR) is 111 cm³/mol. The normalized spacial score (nSPS) is 16.1. The maximum absolute atomic E-state index is 13.0. The Bertz CT molecular complexity index is 1020. The highest BCUT2D eigenvalue weighted by Crippen LogP contribution is 2.34. The van der Waals surface area contributed by atoms with Gasteiger partial charge in [0.25, 0.3) is 10.0 Å². The highest BCUT2D eigenvalue weighted by atomic mass is 32.2. The molecule has 0 aromatic heterocycles. The van der Waals surface area contributed by atoms with Crippen molar-refractivity contribution in [3.8, 4) is 0 Å². The highest BCUT2D eigenvalue weighted by molar-refractivity contribution is 7.89. The predicted octanol–water partition coefficient (Wildman–Crippen LogP) is 5.09. The van der Waals surface area contributed by atoms with Gasteiger partial charge in [-0.3, -0.25) is 4.31 Å². The smallest absolute Gasteiger partial charge is 0.264 e. The van der Waals surface area contributed by atoms with E-state index in [2.05, 4.69) is 38.6 Å². The van der Waals surface area contributed by atoms with E-state index in [0.717, 1.165) is 16.7 Å². The Balaban J connectivity index is 1.96. The van der Waals surface area contributed by atoms with E-state index in [0.29, 0.717) is 11.4 Å². The van der Waals surface area contributed by atoms with Crippen molar-refractivity contribution in [2.45, 2.75) is 32.6 Å². The van der Waals surface area contributed by atoms with Crippen LogP contribution in [0.3, 0.4) is 0 Å². The Morgan fingerprint density at radius 3 is 2.11 bits per heavy atom. The monoisotopic (exact) mass is 379 g/mol. The van der Waals surface area contributed by atoms with Gasteiger partial charge in [-0.2, -0.15) is 0 Å². The molecule has 0 radical (unpaired) electrons. The maximum atomic E-state index is 13.0. The molecule has 1 aliphatic rings. The van der Waals surface area contributed by atoms with Gasteiger partial charge >= 0.3 is 0 Å². The van der Waals surface area contributed by atoms with E-state index < -0.39 is 10.0 Å². The molecule has 3 nitrogen and oxygen atoms in total. The van der Waals surface area contributed by atoms with Gasteiger partial charge in [0.1, 0.15) is 0 Å². The lowest BCUT2D eigenvalue weighted by Crippen LogP contribution is -2.35. The van der Waals surface area contributed by atoms with Crippen LogP contribution < -0.4 is 0 Å². The van der Waals surface area contributed by atoms with Gasteiger partial charge in [-0.25, -0.2) is 8.42 Å². The van der Waals surface area contributed by atoms with Gasteiger partial charge in [-0.1, -0.05) is 67.4 Å². The zero-order valence-corrected chi connectivity index (χ0v) is 17.0. The number of hydrogen-bond donors (Lipinski definition) is 0. The van der Waals surface area contributed by atoms with Crippen molar-refractivity contribution < 1.29 is 8.42 Å². The standard InChI is InChI=1S/C23H25NO2S/c1-18-5-9-20(10-6-18)11-12-21-17-24(16-15-23(21,3)4)27(25,26)22-13-7-19(2)8-14-22/h5-11,13-16H,17H2,1-4H3. The molecule has 0 spiro atoms. The second-order valence-corrected chi connectivity index (χ2v) is 9.47. The van der Waals surface area contributed by atoms with Crippen molar-refractivity contribution in [2.24, 2.45) is 5.41 Å². The Kier molecular flexibility index (Phi) is 5.14. The minimum Gasteiger partial charge on any atom is -0.269 e. The van der Waals surface area contributed by atoms with Crippen molar-refractivity contribution in [1.29, 1.82) is 0 Å². The third-order valence-electron chi connectivity index (χ3n) is 4.87. The zero-order chi connectivity index (χ0) is 19.7. The number of nitrogens with zero attached hydrogens (tertiary/aromatic N) is 1. The molecule has 4 heteroatoms. The fraction of sp³-hybridized carbons (Fsp3) is 0.261. The molecule has 1 heterocycles. The summed E-state index contributed by atoms with van der Waals surface area (Å²) in [5.41, 5.74) is 7.31. The molecule has 140 valence electrons. The first-order valence-electron chi connectivity index (χ1n) is 8.99. The highest BCUT2D eigenvalue weighted by Gasteiger charge is 2.31. The lowest BCUT2D eigenvalue weighted by molar-refractivity contribution is 0.446. The quantitative estimate of drug-likeness (QED) is 0.697. The SMILES string of the molecule is Cc1ccc(C=C=C2CN(S(=O)(=O)c3ccc(C)cc3)C=CC2(C)C)cc1. The van der Waals surface area contributed by atoms with Crippen molar-refractivity contribution in [3.63, 3.8) is 0 Å². The molecule has 0 aliphatic carbocycles. The molecule has 2 aromatic carbocycles. The molecule has 27 heavy (non-hydrogen) atoms. The van der Waals surface area contributed by atoms with E-state index in [1.165, 1.54) is 9.87 Å². The third-order valence-corrected chi connectivity index (χ3v) is 6.60. The molecule has 0 saturated carbocycles. The molecular weight excluding hydrogens is 354 g/mol. The molecular formula is C23H25NO2S. The second kappa shape index (κ2) is 7.22. The molecule has 0 fully saturated rings. The Labute approximate surface area is 162 Å². The molecule has 0 atom stereocenters. The number of benzene rings is 2. The van der Waals surface area contributed by atoms with Gasteiger partial charge in [-0.05, 0) is 37.6 Å². The first-order valence-corrected chi connectivity index (χ1v) is 10.4. The largest absolute Gasteiger partial charge is 0.269 e. The summed E-state index contributed by atoms with van der Waals surface area (Å²) in [6.45, 7) is 8.43. The van der Waals surface area contributed by atoms with Crippen LogP contribution in [0.5, 0.6) is 0 Å². The molecule has 0 N–H and O–H groups in total. The van der Waals surface area contributed by atoms with Crippen LogP contribution in [0.1, 0.15) is 30.5 Å². The van der Waals surface area contributed by atoms with E-state index in [-0.39, 0.29) is 5.41 Å². The average Bonchev–Trinajstić information content (AvgIpc) is 2.62. The number of hydrogen-bond acceptors (Lipinski definition) is 2. The van der Waals surface area contributed by atoms with Crippen LogP contribution in [0.15, 0.2) is 77.0 Å². The summed E-state index contributed by atoms with van der Waals surface area (Å²) in [4.78, 5) is 0.305. The number of sulfonamides is 1. The lowest BCUT2D eigenvalue weighted by Gasteiger charge is -2.33. The van der Waals surface area contributed by atoms with Gasteiger partial charge in [0.2, 0.25) is 0 Å². The average molecular weight is 380 g/mol. The van der Waals surface area contributed by atoms with E-state index in [1.54, 1.807) is 18.3 Å². The minimum atomic E-state index is -3.58. The lowest BCUT2D eigenvalue weighted by atomic mass is 9.83. The molecule has 0 bridgehead atoms. The zero-order valence-electron chi connectivity index (χ0n) is 16.2. The topological polar surface area (TPSA) is 37.4 Å². The summed E-state index contributed by atoms with van der Waals surface area (Å²) < 4.78 is 27.4. The van der Waals surface area contributed by atoms with Crippen LogP contribution in [0.25, 0.3) is 6.08 Å². The summed E-state index contributed by atoms with van der Waals surface area (Å²) in [6, 6.07) is 15.1. The molecule has 1 aliphatic heterocycles. The van der Waals surface area contributed by atoms with Crippen molar-refractivity contribution in [3.05, 3.63) is 88.8 Å². The van der Waals surface area contributed by atoms with E-state index in [1.807, 2.05) is 43.3 Å². The maximum Gasteiger partial charge on any atom is 0.264 e. The van der Waals surface area contributed by atoms with E-state index in [4.69, 9.17) is 0 Å². The molecule has 0 amide bonds. The Morgan fingerprint density at radius 1 is 0.963 bits per heavy atom. The summed E-state index contributed by atoms with van der Waals surface area (Å²) in [6.07, 6.45) is 5.52. The van der Waals surface area contributed by atoms with Crippen LogP contribution in [0, 0.1) is 19.3 Å². The summed E-state index contributed by atoms with van der Waals surface area (Å²) in [7, 11) is -3.58. The minimum absolute atomic E-state index is 0.250. The van der Waals surface area contributed by atoms with Crippen LogP contribution in [0.4, 0.5) is 0 Å². The van der Waals surface area contributed by atoms with E-state index in [9.17, 15) is 8.42 Å². The van der Waals surface area contributed by atoms with Crippen molar-refractivity contribution >= 4 is 16.1 Å². The van der Waals surface area contributed by atoms with Crippen molar-refractivity contribution in [2.75, 3.05) is 6.54 Å². The number of allylic oxidation sites excluding steroid dienone is 1.